The molecule has 0 aliphatic heterocycles. The molecule has 0 bridgehead atoms. The molecule has 0 radical (unpaired) electrons. The van der Waals surface area contributed by atoms with Crippen molar-refractivity contribution in [1.82, 2.24) is 0 Å². The number of nitrogens with two attached hydrogens (primary N) is 1. The lowest BCUT2D eigenvalue weighted by molar-refractivity contribution is 0.414. The van der Waals surface area contributed by atoms with Crippen LogP contribution in [0.4, 0.5) is 0 Å². The summed E-state index contributed by atoms with van der Waals surface area (Å²) in [6, 6.07) is 7.93. The van der Waals surface area contributed by atoms with Crippen molar-refractivity contribution in [3.63, 3.8) is 0 Å². The van der Waals surface area contributed by atoms with Gasteiger partial charge in [-0.25, -0.2) is 0 Å². The molecule has 0 fully saturated rings. The van der Waals surface area contributed by atoms with Gasteiger partial charge in [-0.1, -0.05) is 23.9 Å². The molecule has 76 valence electrons. The van der Waals surface area contributed by atoms with E-state index in [4.69, 9.17) is 15.9 Å². The fraction of sp³-hybridized carbons (Fsp3) is 0.300. The Kier molecular flexibility index (Phi) is 4.32. The number of methoxy groups -OCH3 is 1. The second-order valence-electron chi connectivity index (χ2n) is 2.81. The monoisotopic (exact) mass is 210 g/mol. The van der Waals surface area contributed by atoms with Crippen LogP contribution in [0.15, 0.2) is 24.3 Å². The molecule has 0 heterocycles. The highest BCUT2D eigenvalue weighted by atomic mass is 32.2. The maximum absolute atomic E-state index is 7.04. The van der Waals surface area contributed by atoms with Gasteiger partial charge in [0.25, 0.3) is 0 Å². The number of amidine groups is 1. The van der Waals surface area contributed by atoms with Crippen LogP contribution in [-0.2, 0) is 6.42 Å². The molecule has 0 amide bonds. The molecule has 4 heteroatoms. The number of thioether (sulfide) groups is 1. The number of benzene rings is 1. The standard InChI is InChI=1S/C10H14N2OS/c1-13-9-4-2-8(3-5-9)6-7-14-10(11)12/h2-5H,6-7H2,1H3,(H3,11,12). The summed E-state index contributed by atoms with van der Waals surface area (Å²) in [4.78, 5) is 0. The van der Waals surface area contributed by atoms with Gasteiger partial charge in [-0.15, -0.1) is 0 Å². The first-order chi connectivity index (χ1) is 6.72. The molecule has 0 saturated heterocycles. The quantitative estimate of drug-likeness (QED) is 0.589. The summed E-state index contributed by atoms with van der Waals surface area (Å²) >= 11 is 1.37. The van der Waals surface area contributed by atoms with Crippen molar-refractivity contribution in [3.05, 3.63) is 29.8 Å². The first-order valence-corrected chi connectivity index (χ1v) is 5.30. The molecule has 1 aromatic carbocycles. The number of hydrogen-bond donors (Lipinski definition) is 2. The van der Waals surface area contributed by atoms with Crippen LogP contribution >= 0.6 is 11.8 Å². The minimum Gasteiger partial charge on any atom is -0.497 e. The van der Waals surface area contributed by atoms with Crippen molar-refractivity contribution in [2.45, 2.75) is 6.42 Å². The van der Waals surface area contributed by atoms with E-state index in [2.05, 4.69) is 0 Å². The maximum Gasteiger partial charge on any atom is 0.151 e. The molecule has 1 rings (SSSR count). The fourth-order valence-corrected chi connectivity index (χ4v) is 1.63. The van der Waals surface area contributed by atoms with Crippen LogP contribution in [0.1, 0.15) is 5.56 Å². The van der Waals surface area contributed by atoms with Gasteiger partial charge >= 0.3 is 0 Å². The second kappa shape index (κ2) is 5.54. The van der Waals surface area contributed by atoms with Crippen LogP contribution < -0.4 is 10.5 Å². The highest BCUT2D eigenvalue weighted by molar-refractivity contribution is 8.13. The average molecular weight is 210 g/mol. The van der Waals surface area contributed by atoms with Crippen LogP contribution in [0.25, 0.3) is 0 Å². The minimum absolute atomic E-state index is 0.179. The molecule has 0 saturated carbocycles. The zero-order valence-electron chi connectivity index (χ0n) is 8.12. The van der Waals surface area contributed by atoms with Gasteiger partial charge in [0.05, 0.1) is 7.11 Å². The lowest BCUT2D eigenvalue weighted by Gasteiger charge is -2.02. The van der Waals surface area contributed by atoms with E-state index >= 15 is 0 Å². The summed E-state index contributed by atoms with van der Waals surface area (Å²) in [5.74, 6) is 1.72. The average Bonchev–Trinajstić information content (AvgIpc) is 2.18. The van der Waals surface area contributed by atoms with Gasteiger partial charge in [0.1, 0.15) is 5.75 Å². The topological polar surface area (TPSA) is 59.1 Å². The zero-order valence-corrected chi connectivity index (χ0v) is 8.93. The predicted octanol–water partition coefficient (Wildman–Crippen LogP) is 1.86. The Balaban J connectivity index is 2.40. The van der Waals surface area contributed by atoms with Crippen LogP contribution in [0.3, 0.4) is 0 Å². The van der Waals surface area contributed by atoms with E-state index in [0.717, 1.165) is 17.9 Å². The van der Waals surface area contributed by atoms with Gasteiger partial charge in [-0.05, 0) is 24.1 Å². The van der Waals surface area contributed by atoms with Crippen molar-refractivity contribution < 1.29 is 4.74 Å². The van der Waals surface area contributed by atoms with Crippen LogP contribution in [-0.4, -0.2) is 18.0 Å². The van der Waals surface area contributed by atoms with Crippen LogP contribution in [0.2, 0.25) is 0 Å². The van der Waals surface area contributed by atoms with Gasteiger partial charge in [-0.3, -0.25) is 5.41 Å². The first kappa shape index (κ1) is 10.9. The SMILES string of the molecule is COc1ccc(CCSC(=N)N)cc1. The molecule has 0 aliphatic carbocycles. The van der Waals surface area contributed by atoms with Gasteiger partial charge < -0.3 is 10.5 Å². The molecule has 0 unspecified atom stereocenters. The summed E-state index contributed by atoms with van der Waals surface area (Å²) < 4.78 is 5.05. The van der Waals surface area contributed by atoms with Gasteiger partial charge in [0, 0.05) is 5.75 Å². The second-order valence-corrected chi connectivity index (χ2v) is 3.95. The Bertz CT molecular complexity index is 297. The number of rotatable bonds is 4. The Hall–Kier alpha value is -1.16. The van der Waals surface area contributed by atoms with Gasteiger partial charge in [0.2, 0.25) is 0 Å². The van der Waals surface area contributed by atoms with E-state index in [1.165, 1.54) is 17.3 Å². The molecule has 3 nitrogen and oxygen atoms in total. The number of hydrogen-bond acceptors (Lipinski definition) is 3. The minimum atomic E-state index is 0.179. The largest absolute Gasteiger partial charge is 0.497 e. The lowest BCUT2D eigenvalue weighted by atomic mass is 10.2. The fourth-order valence-electron chi connectivity index (χ4n) is 1.07. The third-order valence-corrected chi connectivity index (χ3v) is 2.53. The molecular weight excluding hydrogens is 196 g/mol. The Morgan fingerprint density at radius 3 is 2.57 bits per heavy atom. The molecule has 14 heavy (non-hydrogen) atoms. The maximum atomic E-state index is 7.04. The van der Waals surface area contributed by atoms with E-state index in [1.807, 2.05) is 24.3 Å². The molecular formula is C10H14N2OS. The van der Waals surface area contributed by atoms with E-state index < -0.39 is 0 Å². The Labute approximate surface area is 88.2 Å². The Morgan fingerprint density at radius 1 is 1.43 bits per heavy atom. The van der Waals surface area contributed by atoms with Crippen molar-refractivity contribution in [1.29, 1.82) is 5.41 Å². The number of nitrogens with one attached hydrogen (secondary N) is 1. The third-order valence-electron chi connectivity index (χ3n) is 1.81. The molecule has 0 aliphatic rings. The molecule has 1 aromatic rings. The van der Waals surface area contributed by atoms with E-state index in [9.17, 15) is 0 Å². The van der Waals surface area contributed by atoms with E-state index in [0.29, 0.717) is 0 Å². The molecule has 3 N–H and O–H groups in total. The third kappa shape index (κ3) is 3.70. The summed E-state index contributed by atoms with van der Waals surface area (Å²) in [6.07, 6.45) is 0.925. The number of ether oxygens (including phenoxy) is 1. The van der Waals surface area contributed by atoms with Gasteiger partial charge in [0.15, 0.2) is 5.17 Å². The van der Waals surface area contributed by atoms with Gasteiger partial charge in [-0.2, -0.15) is 0 Å². The van der Waals surface area contributed by atoms with Crippen molar-refractivity contribution in [3.8, 4) is 5.75 Å². The normalized spacial score (nSPS) is 9.79. The smallest absolute Gasteiger partial charge is 0.151 e. The summed E-state index contributed by atoms with van der Waals surface area (Å²) in [6.45, 7) is 0. The van der Waals surface area contributed by atoms with E-state index in [1.54, 1.807) is 7.11 Å². The van der Waals surface area contributed by atoms with Crippen molar-refractivity contribution in [2.24, 2.45) is 5.73 Å². The van der Waals surface area contributed by atoms with Crippen LogP contribution in [0, 0.1) is 5.41 Å². The lowest BCUT2D eigenvalue weighted by Crippen LogP contribution is -2.05. The van der Waals surface area contributed by atoms with E-state index in [-0.39, 0.29) is 5.17 Å². The zero-order chi connectivity index (χ0) is 10.4. The highest BCUT2D eigenvalue weighted by Crippen LogP contribution is 2.13. The predicted molar refractivity (Wildman–Crippen MR) is 61.1 cm³/mol. The Morgan fingerprint density at radius 2 is 2.07 bits per heavy atom. The highest BCUT2D eigenvalue weighted by Gasteiger charge is 1.96. The van der Waals surface area contributed by atoms with Crippen molar-refractivity contribution in [2.75, 3.05) is 12.9 Å². The first-order valence-electron chi connectivity index (χ1n) is 4.32. The molecule has 0 atom stereocenters. The number of aryl methyl sites for hydroxylation is 1. The summed E-state index contributed by atoms with van der Waals surface area (Å²) in [5.41, 5.74) is 6.46. The summed E-state index contributed by atoms with van der Waals surface area (Å²) in [7, 11) is 1.65. The molecule has 0 spiro atoms. The molecule has 0 aromatic heterocycles. The summed E-state index contributed by atoms with van der Waals surface area (Å²) in [5, 5.41) is 7.22. The van der Waals surface area contributed by atoms with Crippen LogP contribution in [0.5, 0.6) is 5.75 Å². The van der Waals surface area contributed by atoms with Crippen molar-refractivity contribution >= 4 is 16.9 Å².